The second kappa shape index (κ2) is 7.34. The van der Waals surface area contributed by atoms with Gasteiger partial charge in [-0.25, -0.2) is 0 Å². The van der Waals surface area contributed by atoms with E-state index >= 15 is 0 Å². The Morgan fingerprint density at radius 2 is 2.33 bits per heavy atom. The van der Waals surface area contributed by atoms with E-state index in [1.165, 1.54) is 32.1 Å². The predicted molar refractivity (Wildman–Crippen MR) is 71.6 cm³/mol. The van der Waals surface area contributed by atoms with Gasteiger partial charge in [0.25, 0.3) is 0 Å². The lowest BCUT2D eigenvalue weighted by Crippen LogP contribution is -2.36. The monoisotopic (exact) mass is 227 g/mol. The highest BCUT2D eigenvalue weighted by Crippen LogP contribution is 2.28. The van der Waals surface area contributed by atoms with E-state index in [0.717, 1.165) is 17.7 Å². The molecule has 0 amide bonds. The normalized spacial score (nSPS) is 27.9. The third-order valence-electron chi connectivity index (χ3n) is 3.40. The van der Waals surface area contributed by atoms with Gasteiger partial charge in [-0.2, -0.15) is 11.8 Å². The molecule has 3 atom stereocenters. The second-order valence-corrected chi connectivity index (χ2v) is 5.64. The minimum atomic E-state index is 0.702. The van der Waals surface area contributed by atoms with Crippen LogP contribution in [0.3, 0.4) is 0 Å². The molecule has 15 heavy (non-hydrogen) atoms. The highest BCUT2D eigenvalue weighted by Gasteiger charge is 2.24. The summed E-state index contributed by atoms with van der Waals surface area (Å²) in [5.41, 5.74) is 0. The van der Waals surface area contributed by atoms with Gasteiger partial charge in [0, 0.05) is 17.3 Å². The fraction of sp³-hybridized carbons (Fsp3) is 0.846. The maximum atomic E-state index is 3.80. The van der Waals surface area contributed by atoms with Crippen molar-refractivity contribution in [3.63, 3.8) is 0 Å². The molecule has 1 aliphatic rings. The predicted octanol–water partition coefficient (Wildman–Crippen LogP) is 3.60. The van der Waals surface area contributed by atoms with Crippen LogP contribution < -0.4 is 5.32 Å². The highest BCUT2D eigenvalue weighted by atomic mass is 32.2. The van der Waals surface area contributed by atoms with Gasteiger partial charge >= 0.3 is 0 Å². The zero-order valence-corrected chi connectivity index (χ0v) is 11.0. The second-order valence-electron chi connectivity index (χ2n) is 4.51. The molecule has 0 aromatic heterocycles. The molecule has 0 spiro atoms. The molecule has 0 saturated heterocycles. The molecule has 0 bridgehead atoms. The number of rotatable bonds is 7. The molecule has 1 saturated carbocycles. The van der Waals surface area contributed by atoms with Crippen molar-refractivity contribution in [2.45, 2.75) is 62.8 Å². The van der Waals surface area contributed by atoms with Crippen molar-refractivity contribution < 1.29 is 0 Å². The number of nitrogens with one attached hydrogen (secondary N) is 1. The van der Waals surface area contributed by atoms with E-state index in [9.17, 15) is 0 Å². The first kappa shape index (κ1) is 13.1. The van der Waals surface area contributed by atoms with E-state index in [-0.39, 0.29) is 0 Å². The first-order valence-corrected chi connectivity index (χ1v) is 7.48. The van der Waals surface area contributed by atoms with Crippen LogP contribution in [0.4, 0.5) is 0 Å². The van der Waals surface area contributed by atoms with Crippen LogP contribution in [0.15, 0.2) is 12.7 Å². The van der Waals surface area contributed by atoms with Crippen molar-refractivity contribution in [1.82, 2.24) is 5.32 Å². The van der Waals surface area contributed by atoms with Crippen LogP contribution in [0.2, 0.25) is 0 Å². The van der Waals surface area contributed by atoms with Gasteiger partial charge in [0.15, 0.2) is 0 Å². The zero-order chi connectivity index (χ0) is 11.1. The summed E-state index contributed by atoms with van der Waals surface area (Å²) in [7, 11) is 0. The smallest absolute Gasteiger partial charge is 0.00805 e. The van der Waals surface area contributed by atoms with Crippen molar-refractivity contribution in [1.29, 1.82) is 0 Å². The fourth-order valence-corrected chi connectivity index (χ4v) is 3.16. The Morgan fingerprint density at radius 3 is 2.87 bits per heavy atom. The third-order valence-corrected chi connectivity index (χ3v) is 4.50. The molecule has 1 N–H and O–H groups in total. The van der Waals surface area contributed by atoms with Crippen LogP contribution in [0, 0.1) is 0 Å². The lowest BCUT2D eigenvalue weighted by atomic mass is 10.1. The third kappa shape index (κ3) is 4.60. The Balaban J connectivity index is 2.23. The number of thioether (sulfide) groups is 1. The molecule has 0 aromatic rings. The van der Waals surface area contributed by atoms with Crippen molar-refractivity contribution in [2.24, 2.45) is 0 Å². The zero-order valence-electron chi connectivity index (χ0n) is 10.2. The molecule has 1 fully saturated rings. The summed E-state index contributed by atoms with van der Waals surface area (Å²) in [6.07, 6.45) is 12.0. The van der Waals surface area contributed by atoms with Gasteiger partial charge in [-0.1, -0.05) is 13.0 Å². The van der Waals surface area contributed by atoms with Crippen molar-refractivity contribution >= 4 is 11.8 Å². The van der Waals surface area contributed by atoms with Gasteiger partial charge < -0.3 is 5.32 Å². The molecule has 0 heterocycles. The number of hydrogen-bond acceptors (Lipinski definition) is 2. The van der Waals surface area contributed by atoms with Crippen LogP contribution >= 0.6 is 11.8 Å². The van der Waals surface area contributed by atoms with E-state index in [1.807, 2.05) is 17.8 Å². The van der Waals surface area contributed by atoms with Crippen molar-refractivity contribution in [3.05, 3.63) is 12.7 Å². The average Bonchev–Trinajstić information content (AvgIpc) is 2.71. The molecule has 0 radical (unpaired) electrons. The van der Waals surface area contributed by atoms with Crippen LogP contribution in [-0.4, -0.2) is 23.6 Å². The Labute approximate surface area is 99.1 Å². The minimum Gasteiger partial charge on any atom is -0.311 e. The molecule has 0 aromatic carbocycles. The summed E-state index contributed by atoms with van der Waals surface area (Å²) in [5.74, 6) is 0. The molecule has 2 heteroatoms. The summed E-state index contributed by atoms with van der Waals surface area (Å²) in [6, 6.07) is 1.48. The van der Waals surface area contributed by atoms with Gasteiger partial charge in [0.05, 0.1) is 0 Å². The lowest BCUT2D eigenvalue weighted by Gasteiger charge is -2.21. The Bertz CT molecular complexity index is 181. The van der Waals surface area contributed by atoms with Crippen LogP contribution in [0.1, 0.15) is 45.4 Å². The minimum absolute atomic E-state index is 0.702. The molecule has 3 unspecified atom stereocenters. The Kier molecular flexibility index (Phi) is 6.42. The summed E-state index contributed by atoms with van der Waals surface area (Å²) in [6.45, 7) is 6.07. The largest absolute Gasteiger partial charge is 0.311 e. The SMILES string of the molecule is C=CCCC(CC)NC1CCC(SC)C1. The fourth-order valence-electron chi connectivity index (χ4n) is 2.36. The van der Waals surface area contributed by atoms with E-state index in [2.05, 4.69) is 25.1 Å². The molecular formula is C13H25NS. The maximum Gasteiger partial charge on any atom is 0.00805 e. The molecule has 0 aliphatic heterocycles. The van der Waals surface area contributed by atoms with Gasteiger partial charge in [0.2, 0.25) is 0 Å². The summed E-state index contributed by atoms with van der Waals surface area (Å²) in [5, 5.41) is 4.71. The summed E-state index contributed by atoms with van der Waals surface area (Å²) >= 11 is 2.03. The quantitative estimate of drug-likeness (QED) is 0.667. The topological polar surface area (TPSA) is 12.0 Å². The number of hydrogen-bond donors (Lipinski definition) is 1. The van der Waals surface area contributed by atoms with Gasteiger partial charge in [-0.3, -0.25) is 0 Å². The van der Waals surface area contributed by atoms with Crippen LogP contribution in [0.5, 0.6) is 0 Å². The molecule has 1 nitrogen and oxygen atoms in total. The van der Waals surface area contributed by atoms with Crippen molar-refractivity contribution in [3.8, 4) is 0 Å². The van der Waals surface area contributed by atoms with Crippen LogP contribution in [0.25, 0.3) is 0 Å². The van der Waals surface area contributed by atoms with E-state index in [4.69, 9.17) is 0 Å². The van der Waals surface area contributed by atoms with Crippen LogP contribution in [-0.2, 0) is 0 Å². The summed E-state index contributed by atoms with van der Waals surface area (Å²) in [4.78, 5) is 0. The van der Waals surface area contributed by atoms with E-state index in [0.29, 0.717) is 6.04 Å². The number of allylic oxidation sites excluding steroid dienone is 1. The first-order valence-electron chi connectivity index (χ1n) is 6.19. The molecule has 1 aliphatic carbocycles. The Morgan fingerprint density at radius 1 is 1.53 bits per heavy atom. The van der Waals surface area contributed by atoms with Gasteiger partial charge in [0.1, 0.15) is 0 Å². The highest BCUT2D eigenvalue weighted by molar-refractivity contribution is 7.99. The van der Waals surface area contributed by atoms with Gasteiger partial charge in [-0.05, 0) is 44.8 Å². The maximum absolute atomic E-state index is 3.80. The van der Waals surface area contributed by atoms with E-state index < -0.39 is 0 Å². The summed E-state index contributed by atoms with van der Waals surface area (Å²) < 4.78 is 0. The first-order chi connectivity index (χ1) is 7.30. The van der Waals surface area contributed by atoms with Crippen molar-refractivity contribution in [2.75, 3.05) is 6.26 Å². The standard InChI is InChI=1S/C13H25NS/c1-4-6-7-11(5-2)14-12-8-9-13(10-12)15-3/h4,11-14H,1,5-10H2,2-3H3. The average molecular weight is 227 g/mol. The van der Waals surface area contributed by atoms with E-state index in [1.54, 1.807) is 0 Å². The molecule has 88 valence electrons. The molecule has 1 rings (SSSR count). The van der Waals surface area contributed by atoms with Gasteiger partial charge in [-0.15, -0.1) is 6.58 Å². The Hall–Kier alpha value is 0.0500. The molecular weight excluding hydrogens is 202 g/mol. The lowest BCUT2D eigenvalue weighted by molar-refractivity contribution is 0.403.